The maximum Gasteiger partial charge on any atom is 0.320 e. The van der Waals surface area contributed by atoms with Crippen molar-refractivity contribution in [1.82, 2.24) is 5.32 Å². The van der Waals surface area contributed by atoms with E-state index in [1.165, 1.54) is 0 Å². The maximum absolute atomic E-state index is 12.6. The van der Waals surface area contributed by atoms with Crippen LogP contribution in [0.2, 0.25) is 10.0 Å². The largest absolute Gasteiger partial charge is 0.399 e. The molecule has 1 atom stereocenters. The number of hydrogen-bond donors (Lipinski definition) is 3. The van der Waals surface area contributed by atoms with E-state index < -0.39 is 6.03 Å². The predicted molar refractivity (Wildman–Crippen MR) is 117 cm³/mol. The summed E-state index contributed by atoms with van der Waals surface area (Å²) < 4.78 is 0. The number of nitrogens with one attached hydrogen (secondary N) is 2. The molecule has 0 aromatic heterocycles. The molecule has 1 aliphatic heterocycles. The molecule has 0 fully saturated rings. The van der Waals surface area contributed by atoms with Crippen LogP contribution in [-0.4, -0.2) is 17.9 Å². The number of halogens is 2. The van der Waals surface area contributed by atoms with E-state index in [1.807, 2.05) is 38.1 Å². The molecule has 28 heavy (non-hydrogen) atoms. The van der Waals surface area contributed by atoms with Crippen LogP contribution in [0.4, 0.5) is 21.9 Å². The average molecular weight is 418 g/mol. The molecular formula is C20H21Cl2N5O. The summed E-state index contributed by atoms with van der Waals surface area (Å²) in [5.41, 5.74) is 9.72. The van der Waals surface area contributed by atoms with E-state index in [-0.39, 0.29) is 6.17 Å². The van der Waals surface area contributed by atoms with Crippen molar-refractivity contribution in [2.24, 2.45) is 5.10 Å². The summed E-state index contributed by atoms with van der Waals surface area (Å²) in [6.07, 6.45) is 2.18. The number of carbonyl (C=O) groups is 1. The number of hydrogen-bond acceptors (Lipinski definition) is 4. The van der Waals surface area contributed by atoms with Crippen LogP contribution in [0.1, 0.15) is 20.3 Å². The molecule has 1 unspecified atom stereocenters. The van der Waals surface area contributed by atoms with E-state index >= 15 is 0 Å². The van der Waals surface area contributed by atoms with Crippen LogP contribution >= 0.6 is 23.2 Å². The Morgan fingerprint density at radius 2 is 2.04 bits per heavy atom. The van der Waals surface area contributed by atoms with Crippen molar-refractivity contribution in [1.29, 1.82) is 0 Å². The molecule has 2 aromatic carbocycles. The Labute approximate surface area is 174 Å². The number of benzene rings is 2. The summed E-state index contributed by atoms with van der Waals surface area (Å²) in [5, 5.41) is 12.8. The Bertz CT molecular complexity index is 957. The first kappa shape index (κ1) is 20.0. The fourth-order valence-electron chi connectivity index (χ4n) is 2.84. The van der Waals surface area contributed by atoms with Crippen LogP contribution in [-0.2, 0) is 0 Å². The molecule has 4 N–H and O–H groups in total. The first-order valence-corrected chi connectivity index (χ1v) is 9.51. The highest BCUT2D eigenvalue weighted by Gasteiger charge is 2.30. The molecule has 8 heteroatoms. The van der Waals surface area contributed by atoms with E-state index in [2.05, 4.69) is 15.7 Å². The Kier molecular flexibility index (Phi) is 6.11. The third-order valence-corrected chi connectivity index (χ3v) is 5.25. The lowest BCUT2D eigenvalue weighted by molar-refractivity contribution is 0.248. The molecule has 2 aromatic rings. The zero-order valence-corrected chi connectivity index (χ0v) is 17.1. The van der Waals surface area contributed by atoms with E-state index in [4.69, 9.17) is 28.9 Å². The Morgan fingerprint density at radius 1 is 1.29 bits per heavy atom. The summed E-state index contributed by atoms with van der Waals surface area (Å²) in [6.45, 7) is 3.95. The van der Waals surface area contributed by atoms with Gasteiger partial charge < -0.3 is 16.4 Å². The van der Waals surface area contributed by atoms with Gasteiger partial charge in [0.1, 0.15) is 6.17 Å². The van der Waals surface area contributed by atoms with Crippen molar-refractivity contribution in [3.8, 4) is 0 Å². The smallest absolute Gasteiger partial charge is 0.320 e. The van der Waals surface area contributed by atoms with Gasteiger partial charge in [0.25, 0.3) is 0 Å². The van der Waals surface area contributed by atoms with Crippen molar-refractivity contribution in [3.63, 3.8) is 0 Å². The number of amides is 2. The second kappa shape index (κ2) is 8.54. The highest BCUT2D eigenvalue weighted by atomic mass is 35.5. The summed E-state index contributed by atoms with van der Waals surface area (Å²) >= 11 is 12.2. The van der Waals surface area contributed by atoms with E-state index in [0.29, 0.717) is 27.8 Å². The van der Waals surface area contributed by atoms with E-state index in [1.54, 1.807) is 29.3 Å². The van der Waals surface area contributed by atoms with Gasteiger partial charge in [-0.05, 0) is 49.8 Å². The Hall–Kier alpha value is -2.70. The fraction of sp³-hybridized carbons (Fsp3) is 0.200. The molecule has 2 amide bonds. The topological polar surface area (TPSA) is 82.8 Å². The molecule has 0 saturated heterocycles. The number of nitrogens with zero attached hydrogens (tertiary/aromatic N) is 2. The van der Waals surface area contributed by atoms with Crippen LogP contribution in [0.3, 0.4) is 0 Å². The first-order valence-electron chi connectivity index (χ1n) is 8.76. The normalized spacial score (nSPS) is 16.7. The van der Waals surface area contributed by atoms with Gasteiger partial charge in [-0.1, -0.05) is 41.4 Å². The summed E-state index contributed by atoms with van der Waals surface area (Å²) in [5.74, 6) is 0. The lowest BCUT2D eigenvalue weighted by atomic mass is 10.1. The van der Waals surface area contributed by atoms with Gasteiger partial charge in [-0.25, -0.2) is 9.80 Å². The van der Waals surface area contributed by atoms with Crippen LogP contribution < -0.4 is 21.4 Å². The third kappa shape index (κ3) is 4.40. The van der Waals surface area contributed by atoms with Gasteiger partial charge >= 0.3 is 6.03 Å². The van der Waals surface area contributed by atoms with Gasteiger partial charge in [-0.3, -0.25) is 0 Å². The van der Waals surface area contributed by atoms with Crippen LogP contribution in [0.5, 0.6) is 0 Å². The number of urea groups is 1. The zero-order chi connectivity index (χ0) is 20.3. The number of nitrogens with two attached hydrogens (primary N) is 1. The zero-order valence-electron chi connectivity index (χ0n) is 15.5. The lowest BCUT2D eigenvalue weighted by Crippen LogP contribution is -2.45. The molecule has 0 radical (unpaired) electrons. The minimum atomic E-state index is -0.405. The number of hydrazone groups is 1. The second-order valence-electron chi connectivity index (χ2n) is 6.38. The molecule has 1 aliphatic rings. The molecule has 146 valence electrons. The van der Waals surface area contributed by atoms with Gasteiger partial charge in [-0.15, -0.1) is 0 Å². The summed E-state index contributed by atoms with van der Waals surface area (Å²) in [6, 6.07) is 12.0. The number of nitrogen functional groups attached to an aromatic ring is 1. The van der Waals surface area contributed by atoms with Crippen molar-refractivity contribution in [3.05, 3.63) is 64.2 Å². The highest BCUT2D eigenvalue weighted by Crippen LogP contribution is 2.30. The van der Waals surface area contributed by atoms with Crippen molar-refractivity contribution in [2.45, 2.75) is 26.4 Å². The average Bonchev–Trinajstić information content (AvgIpc) is 3.08. The monoisotopic (exact) mass is 417 g/mol. The molecule has 3 rings (SSSR count). The number of anilines is 3. The lowest BCUT2D eigenvalue weighted by Gasteiger charge is -2.25. The molecule has 0 bridgehead atoms. The molecule has 0 saturated carbocycles. The van der Waals surface area contributed by atoms with Gasteiger partial charge in [-0.2, -0.15) is 5.10 Å². The molecule has 0 aliphatic carbocycles. The van der Waals surface area contributed by atoms with Crippen LogP contribution in [0, 0.1) is 0 Å². The standard InChI is InChI=1S/C20H21Cl2N5O/c1-3-12(2)17-11-18(27(26-17)14-7-4-6-13(23)10-14)25-20(28)24-16-9-5-8-15(21)19(16)22/h3-10,18H,11,23H2,1-2H3,(H2,24,25,28)/b12-3+. The number of rotatable bonds is 4. The summed E-state index contributed by atoms with van der Waals surface area (Å²) in [7, 11) is 0. The van der Waals surface area contributed by atoms with Gasteiger partial charge in [0.05, 0.1) is 27.1 Å². The van der Waals surface area contributed by atoms with Crippen molar-refractivity contribution in [2.75, 3.05) is 16.1 Å². The van der Waals surface area contributed by atoms with Gasteiger partial charge in [0.15, 0.2) is 0 Å². The first-order chi connectivity index (χ1) is 13.4. The summed E-state index contributed by atoms with van der Waals surface area (Å²) in [4.78, 5) is 12.6. The number of allylic oxidation sites excluding steroid dienone is 2. The van der Waals surface area contributed by atoms with Gasteiger partial charge in [0, 0.05) is 12.1 Å². The maximum atomic E-state index is 12.6. The minimum Gasteiger partial charge on any atom is -0.399 e. The van der Waals surface area contributed by atoms with E-state index in [9.17, 15) is 4.79 Å². The molecule has 1 heterocycles. The highest BCUT2D eigenvalue weighted by molar-refractivity contribution is 6.43. The van der Waals surface area contributed by atoms with Crippen LogP contribution in [0.25, 0.3) is 0 Å². The quantitative estimate of drug-likeness (QED) is 0.593. The van der Waals surface area contributed by atoms with Crippen molar-refractivity contribution >= 4 is 52.0 Å². The minimum absolute atomic E-state index is 0.292. The molecular weight excluding hydrogens is 397 g/mol. The van der Waals surface area contributed by atoms with Crippen LogP contribution in [0.15, 0.2) is 59.2 Å². The van der Waals surface area contributed by atoms with E-state index in [0.717, 1.165) is 17.0 Å². The van der Waals surface area contributed by atoms with Crippen molar-refractivity contribution < 1.29 is 4.79 Å². The number of carbonyl (C=O) groups excluding carboxylic acids is 1. The Balaban J connectivity index is 1.80. The SMILES string of the molecule is C/C=C(\C)C1=NN(c2cccc(N)c2)C(NC(=O)Nc2cccc(Cl)c2Cl)C1. The third-order valence-electron chi connectivity index (χ3n) is 4.43. The molecule has 0 spiro atoms. The Morgan fingerprint density at radius 3 is 2.75 bits per heavy atom. The second-order valence-corrected chi connectivity index (χ2v) is 7.16. The van der Waals surface area contributed by atoms with Gasteiger partial charge in [0.2, 0.25) is 0 Å². The fourth-order valence-corrected chi connectivity index (χ4v) is 3.19. The predicted octanol–water partition coefficient (Wildman–Crippen LogP) is 5.26. The molecule has 6 nitrogen and oxygen atoms in total.